The maximum Gasteiger partial charge on any atom is 0.0855 e. The van der Waals surface area contributed by atoms with Crippen molar-refractivity contribution in [2.24, 2.45) is 0 Å². The Bertz CT molecular complexity index is 694. The van der Waals surface area contributed by atoms with Gasteiger partial charge in [0, 0.05) is 16.2 Å². The zero-order chi connectivity index (χ0) is 14.5. The molecule has 0 unspecified atom stereocenters. The molecule has 0 saturated heterocycles. The predicted octanol–water partition coefficient (Wildman–Crippen LogP) is 4.44. The van der Waals surface area contributed by atoms with Gasteiger partial charge in [0.15, 0.2) is 0 Å². The van der Waals surface area contributed by atoms with Crippen LogP contribution in [-0.2, 0) is 17.2 Å². The number of benzene rings is 2. The molecule has 0 heterocycles. The van der Waals surface area contributed by atoms with E-state index in [2.05, 4.69) is 12.3 Å². The van der Waals surface area contributed by atoms with E-state index in [0.717, 1.165) is 32.9 Å². The lowest BCUT2D eigenvalue weighted by atomic mass is 10.1. The number of allylic oxidation sites excluding steroid dienone is 1. The molecule has 1 atom stereocenters. The van der Waals surface area contributed by atoms with Crippen LogP contribution in [0, 0.1) is 6.92 Å². The molecule has 0 saturated carbocycles. The highest BCUT2D eigenvalue weighted by molar-refractivity contribution is 7.85. The van der Waals surface area contributed by atoms with Gasteiger partial charge in [0.2, 0.25) is 0 Å². The van der Waals surface area contributed by atoms with Crippen molar-refractivity contribution in [1.82, 2.24) is 0 Å². The van der Waals surface area contributed by atoms with Crippen molar-refractivity contribution in [1.29, 1.82) is 0 Å². The first-order valence-corrected chi connectivity index (χ1v) is 7.69. The molecule has 2 heteroatoms. The van der Waals surface area contributed by atoms with Crippen LogP contribution >= 0.6 is 0 Å². The summed E-state index contributed by atoms with van der Waals surface area (Å²) in [5.74, 6) is 0. The van der Waals surface area contributed by atoms with Crippen LogP contribution in [0.2, 0.25) is 0 Å². The minimum atomic E-state index is -1.15. The van der Waals surface area contributed by atoms with E-state index >= 15 is 0 Å². The molecule has 20 heavy (non-hydrogen) atoms. The largest absolute Gasteiger partial charge is 0.249 e. The maximum absolute atomic E-state index is 12.8. The molecule has 0 aliphatic rings. The lowest BCUT2D eigenvalue weighted by molar-refractivity contribution is 0.682. The van der Waals surface area contributed by atoms with Crippen LogP contribution in [0.15, 0.2) is 76.2 Å². The molecule has 0 N–H and O–H groups in total. The second kappa shape index (κ2) is 6.51. The first kappa shape index (κ1) is 14.5. The van der Waals surface area contributed by atoms with Gasteiger partial charge in [-0.3, -0.25) is 0 Å². The molecule has 0 amide bonds. The molecule has 1 nitrogen and oxygen atoms in total. The molecule has 2 aromatic rings. The molecular formula is C18H18OS. The minimum Gasteiger partial charge on any atom is -0.249 e. The molecular weight excluding hydrogens is 264 g/mol. The highest BCUT2D eigenvalue weighted by Crippen LogP contribution is 2.24. The van der Waals surface area contributed by atoms with Crippen molar-refractivity contribution >= 4 is 10.8 Å². The molecule has 0 aliphatic carbocycles. The summed E-state index contributed by atoms with van der Waals surface area (Å²) in [6, 6.07) is 15.7. The molecule has 0 radical (unpaired) electrons. The van der Waals surface area contributed by atoms with Crippen LogP contribution in [0.25, 0.3) is 0 Å². The van der Waals surface area contributed by atoms with Gasteiger partial charge in [0.05, 0.1) is 10.8 Å². The molecule has 2 aromatic carbocycles. The second-order valence-electron chi connectivity index (χ2n) is 4.78. The van der Waals surface area contributed by atoms with Crippen molar-refractivity contribution in [2.75, 3.05) is 0 Å². The first-order valence-electron chi connectivity index (χ1n) is 6.54. The van der Waals surface area contributed by atoms with E-state index in [-0.39, 0.29) is 0 Å². The summed E-state index contributed by atoms with van der Waals surface area (Å²) in [6.07, 6.45) is 0.733. The zero-order valence-corrected chi connectivity index (χ0v) is 12.7. The Morgan fingerprint density at radius 1 is 1.10 bits per heavy atom. The third-order valence-electron chi connectivity index (χ3n) is 3.22. The van der Waals surface area contributed by atoms with Crippen molar-refractivity contribution in [3.05, 3.63) is 77.5 Å². The lowest BCUT2D eigenvalue weighted by Crippen LogP contribution is -2.00. The normalized spacial score (nSPS) is 11.7. The third kappa shape index (κ3) is 3.16. The quantitative estimate of drug-likeness (QED) is 0.758. The highest BCUT2D eigenvalue weighted by atomic mass is 32.2. The van der Waals surface area contributed by atoms with E-state index < -0.39 is 10.8 Å². The Hall–Kier alpha value is -1.89. The van der Waals surface area contributed by atoms with Crippen LogP contribution in [-0.4, -0.2) is 4.21 Å². The van der Waals surface area contributed by atoms with E-state index in [1.54, 1.807) is 0 Å². The molecule has 0 aliphatic heterocycles. The van der Waals surface area contributed by atoms with Crippen molar-refractivity contribution in [2.45, 2.75) is 30.1 Å². The van der Waals surface area contributed by atoms with Crippen LogP contribution in [0.3, 0.4) is 0 Å². The van der Waals surface area contributed by atoms with Crippen molar-refractivity contribution < 1.29 is 4.21 Å². The fraction of sp³-hybridized carbons (Fsp3) is 0.167. The topological polar surface area (TPSA) is 17.1 Å². The SMILES string of the molecule is C=C=C(C)Cc1ccccc1[S@@](=O)c1ccccc1C. The Kier molecular flexibility index (Phi) is 4.73. The average molecular weight is 282 g/mol. The van der Waals surface area contributed by atoms with E-state index in [0.29, 0.717) is 0 Å². The predicted molar refractivity (Wildman–Crippen MR) is 84.3 cm³/mol. The number of rotatable bonds is 4. The van der Waals surface area contributed by atoms with Crippen molar-refractivity contribution in [3.8, 4) is 0 Å². The second-order valence-corrected chi connectivity index (χ2v) is 6.19. The van der Waals surface area contributed by atoms with Gasteiger partial charge < -0.3 is 0 Å². The van der Waals surface area contributed by atoms with Crippen LogP contribution < -0.4 is 0 Å². The van der Waals surface area contributed by atoms with Gasteiger partial charge in [0.1, 0.15) is 0 Å². The Balaban J connectivity index is 2.45. The van der Waals surface area contributed by atoms with Gasteiger partial charge in [-0.1, -0.05) is 43.0 Å². The molecule has 102 valence electrons. The van der Waals surface area contributed by atoms with Crippen LogP contribution in [0.4, 0.5) is 0 Å². The van der Waals surface area contributed by atoms with E-state index in [1.807, 2.05) is 62.4 Å². The van der Waals surface area contributed by atoms with Crippen molar-refractivity contribution in [3.63, 3.8) is 0 Å². The first-order chi connectivity index (χ1) is 9.63. The maximum atomic E-state index is 12.8. The summed E-state index contributed by atoms with van der Waals surface area (Å²) < 4.78 is 12.8. The Morgan fingerprint density at radius 2 is 1.70 bits per heavy atom. The monoisotopic (exact) mass is 282 g/mol. The van der Waals surface area contributed by atoms with Gasteiger partial charge in [-0.05, 0) is 42.7 Å². The standard InChI is InChI=1S/C18H18OS/c1-4-14(2)13-16-10-6-8-12-18(16)20(19)17-11-7-5-9-15(17)3/h5-12H,1,13H2,2-3H3/t20-/m0/s1. The van der Waals surface area contributed by atoms with Gasteiger partial charge >= 0.3 is 0 Å². The summed E-state index contributed by atoms with van der Waals surface area (Å²) in [4.78, 5) is 1.75. The third-order valence-corrected chi connectivity index (χ3v) is 4.88. The summed E-state index contributed by atoms with van der Waals surface area (Å²) in [5.41, 5.74) is 6.08. The summed E-state index contributed by atoms with van der Waals surface area (Å²) >= 11 is 0. The molecule has 2 rings (SSSR count). The van der Waals surface area contributed by atoms with Gasteiger partial charge in [-0.25, -0.2) is 4.21 Å². The van der Waals surface area contributed by atoms with Gasteiger partial charge in [-0.2, -0.15) is 0 Å². The fourth-order valence-electron chi connectivity index (χ4n) is 2.06. The summed E-state index contributed by atoms with van der Waals surface area (Å²) in [6.45, 7) is 7.64. The Morgan fingerprint density at radius 3 is 2.35 bits per heavy atom. The zero-order valence-electron chi connectivity index (χ0n) is 11.8. The fourth-order valence-corrected chi connectivity index (χ4v) is 3.44. The lowest BCUT2D eigenvalue weighted by Gasteiger charge is -2.10. The average Bonchev–Trinajstić information content (AvgIpc) is 2.47. The molecule has 0 fully saturated rings. The van der Waals surface area contributed by atoms with Gasteiger partial charge in [-0.15, -0.1) is 5.73 Å². The number of hydrogen-bond acceptors (Lipinski definition) is 1. The molecule has 0 aromatic heterocycles. The van der Waals surface area contributed by atoms with Gasteiger partial charge in [0.25, 0.3) is 0 Å². The summed E-state index contributed by atoms with van der Waals surface area (Å²) in [5, 5.41) is 0. The smallest absolute Gasteiger partial charge is 0.0855 e. The number of aryl methyl sites for hydroxylation is 1. The van der Waals surface area contributed by atoms with E-state index in [1.165, 1.54) is 0 Å². The molecule has 0 bridgehead atoms. The Labute approximate surface area is 123 Å². The van der Waals surface area contributed by atoms with Crippen LogP contribution in [0.1, 0.15) is 18.1 Å². The minimum absolute atomic E-state index is 0.733. The summed E-state index contributed by atoms with van der Waals surface area (Å²) in [7, 11) is -1.15. The molecule has 0 spiro atoms. The van der Waals surface area contributed by atoms with E-state index in [9.17, 15) is 4.21 Å². The van der Waals surface area contributed by atoms with Crippen LogP contribution in [0.5, 0.6) is 0 Å². The van der Waals surface area contributed by atoms with E-state index in [4.69, 9.17) is 0 Å². The highest BCUT2D eigenvalue weighted by Gasteiger charge is 2.13. The number of hydrogen-bond donors (Lipinski definition) is 0.